The van der Waals surface area contributed by atoms with Crippen LogP contribution in [0.4, 0.5) is 5.69 Å². The molecule has 0 radical (unpaired) electrons. The molecule has 4 N–H and O–H groups in total. The molecule has 0 aliphatic rings. The van der Waals surface area contributed by atoms with E-state index < -0.39 is 11.8 Å². The number of hydrogen-bond donors (Lipinski definition) is 3. The third kappa shape index (κ3) is 3.13. The maximum Gasteiger partial charge on any atom is 0.274 e. The van der Waals surface area contributed by atoms with Crippen molar-refractivity contribution in [1.82, 2.24) is 4.98 Å². The predicted molar refractivity (Wildman–Crippen MR) is 73.5 cm³/mol. The number of phenolic OH excluding ortho intramolecular Hbond substituents is 1. The Kier molecular flexibility index (Phi) is 3.81. The number of nitrogens with two attached hydrogens (primary N) is 1. The molecule has 0 saturated carbocycles. The number of nitrogens with zero attached hydrogens (tertiary/aromatic N) is 2. The van der Waals surface area contributed by atoms with E-state index >= 15 is 0 Å². The van der Waals surface area contributed by atoms with Crippen molar-refractivity contribution in [3.63, 3.8) is 0 Å². The van der Waals surface area contributed by atoms with Gasteiger partial charge in [0.05, 0.1) is 11.1 Å². The molecule has 2 amide bonds. The number of amides is 2. The fraction of sp³-hybridized carbons (Fsp3) is 0. The van der Waals surface area contributed by atoms with Crippen molar-refractivity contribution in [2.24, 2.45) is 5.73 Å². The lowest BCUT2D eigenvalue weighted by Gasteiger charge is -2.06. The molecule has 0 spiro atoms. The van der Waals surface area contributed by atoms with E-state index in [-0.39, 0.29) is 22.6 Å². The third-order valence-corrected chi connectivity index (χ3v) is 2.66. The van der Waals surface area contributed by atoms with E-state index in [1.54, 1.807) is 6.07 Å². The van der Waals surface area contributed by atoms with Crippen LogP contribution in [0.1, 0.15) is 26.4 Å². The van der Waals surface area contributed by atoms with Gasteiger partial charge in [-0.2, -0.15) is 5.26 Å². The number of nitrogens with one attached hydrogen (secondary N) is 1. The highest BCUT2D eigenvalue weighted by molar-refractivity contribution is 6.03. The standard InChI is InChI=1S/C14H10N4O3/c15-6-9-5-10(2-4-12(9)19)18-14(21)11-3-1-8(7-17-11)13(16)20/h1-5,7,19H,(H2,16,20)(H,18,21). The van der Waals surface area contributed by atoms with Crippen LogP contribution in [0.5, 0.6) is 5.75 Å². The first-order valence-electron chi connectivity index (χ1n) is 5.81. The number of carbonyl (C=O) groups excluding carboxylic acids is 2. The minimum atomic E-state index is -0.633. The summed E-state index contributed by atoms with van der Waals surface area (Å²) in [6.07, 6.45) is 1.20. The first-order chi connectivity index (χ1) is 10.0. The summed E-state index contributed by atoms with van der Waals surface area (Å²) in [7, 11) is 0. The van der Waals surface area contributed by atoms with E-state index in [9.17, 15) is 14.7 Å². The monoisotopic (exact) mass is 282 g/mol. The number of phenols is 1. The van der Waals surface area contributed by atoms with Crippen molar-refractivity contribution < 1.29 is 14.7 Å². The van der Waals surface area contributed by atoms with Crippen LogP contribution in [0.3, 0.4) is 0 Å². The second-order valence-corrected chi connectivity index (χ2v) is 4.09. The molecule has 104 valence electrons. The van der Waals surface area contributed by atoms with Crippen LogP contribution in [0.2, 0.25) is 0 Å². The molecule has 0 aliphatic heterocycles. The highest BCUT2D eigenvalue weighted by Crippen LogP contribution is 2.20. The molecule has 1 heterocycles. The van der Waals surface area contributed by atoms with Crippen molar-refractivity contribution in [1.29, 1.82) is 5.26 Å². The Hall–Kier alpha value is -3.40. The quantitative estimate of drug-likeness (QED) is 0.723. The SMILES string of the molecule is N#Cc1cc(NC(=O)c2ccc(C(N)=O)cn2)ccc1O. The lowest BCUT2D eigenvalue weighted by molar-refractivity contribution is 0.0993. The second-order valence-electron chi connectivity index (χ2n) is 4.09. The molecule has 0 saturated heterocycles. The van der Waals surface area contributed by atoms with Gasteiger partial charge < -0.3 is 16.2 Å². The summed E-state index contributed by atoms with van der Waals surface area (Å²) >= 11 is 0. The maximum atomic E-state index is 11.9. The van der Waals surface area contributed by atoms with Crippen molar-refractivity contribution >= 4 is 17.5 Å². The maximum absolute atomic E-state index is 11.9. The number of hydrogen-bond acceptors (Lipinski definition) is 5. The summed E-state index contributed by atoms with van der Waals surface area (Å²) < 4.78 is 0. The molecule has 0 unspecified atom stereocenters. The Bertz CT molecular complexity index is 748. The normalized spacial score (nSPS) is 9.67. The van der Waals surface area contributed by atoms with E-state index in [2.05, 4.69) is 10.3 Å². The molecule has 0 aliphatic carbocycles. The van der Waals surface area contributed by atoms with E-state index in [4.69, 9.17) is 11.0 Å². The molecule has 1 aromatic heterocycles. The zero-order chi connectivity index (χ0) is 15.4. The Balaban J connectivity index is 2.18. The fourth-order valence-corrected chi connectivity index (χ4v) is 1.57. The Labute approximate surface area is 119 Å². The zero-order valence-electron chi connectivity index (χ0n) is 10.7. The smallest absolute Gasteiger partial charge is 0.274 e. The Morgan fingerprint density at radius 1 is 1.29 bits per heavy atom. The highest BCUT2D eigenvalue weighted by Gasteiger charge is 2.10. The van der Waals surface area contributed by atoms with Gasteiger partial charge in [0, 0.05) is 11.9 Å². The molecular weight excluding hydrogens is 272 g/mol. The number of primary amides is 1. The van der Waals surface area contributed by atoms with Gasteiger partial charge in [-0.15, -0.1) is 0 Å². The van der Waals surface area contributed by atoms with Gasteiger partial charge in [-0.3, -0.25) is 14.6 Å². The summed E-state index contributed by atoms with van der Waals surface area (Å²) in [5.74, 6) is -1.31. The summed E-state index contributed by atoms with van der Waals surface area (Å²) in [6, 6.07) is 8.64. The second kappa shape index (κ2) is 5.71. The minimum absolute atomic E-state index is 0.0461. The minimum Gasteiger partial charge on any atom is -0.507 e. The van der Waals surface area contributed by atoms with Crippen molar-refractivity contribution in [3.05, 3.63) is 53.3 Å². The number of aromatic hydroxyl groups is 1. The predicted octanol–water partition coefficient (Wildman–Crippen LogP) is 1.01. The van der Waals surface area contributed by atoms with Gasteiger partial charge in [-0.1, -0.05) is 0 Å². The van der Waals surface area contributed by atoms with Gasteiger partial charge in [0.25, 0.3) is 5.91 Å². The molecule has 1 aromatic carbocycles. The van der Waals surface area contributed by atoms with Crippen molar-refractivity contribution in [2.45, 2.75) is 0 Å². The number of carbonyl (C=O) groups is 2. The number of benzene rings is 1. The molecule has 21 heavy (non-hydrogen) atoms. The fourth-order valence-electron chi connectivity index (χ4n) is 1.57. The van der Waals surface area contributed by atoms with Crippen LogP contribution in [0.25, 0.3) is 0 Å². The van der Waals surface area contributed by atoms with Crippen molar-refractivity contribution in [2.75, 3.05) is 5.32 Å². The summed E-state index contributed by atoms with van der Waals surface area (Å²) in [5.41, 5.74) is 5.75. The Morgan fingerprint density at radius 3 is 2.62 bits per heavy atom. The van der Waals surface area contributed by atoms with E-state index in [0.717, 1.165) is 0 Å². The van der Waals surface area contributed by atoms with Crippen LogP contribution in [0, 0.1) is 11.3 Å². The van der Waals surface area contributed by atoms with Gasteiger partial charge in [-0.05, 0) is 30.3 Å². The molecule has 2 aromatic rings. The van der Waals surface area contributed by atoms with Crippen LogP contribution in [-0.4, -0.2) is 21.9 Å². The first-order valence-corrected chi connectivity index (χ1v) is 5.81. The van der Waals surface area contributed by atoms with E-state index in [1.165, 1.54) is 36.5 Å². The van der Waals surface area contributed by atoms with E-state index in [0.29, 0.717) is 5.69 Å². The highest BCUT2D eigenvalue weighted by atomic mass is 16.3. The molecule has 0 fully saturated rings. The number of anilines is 1. The molecule has 2 rings (SSSR count). The van der Waals surface area contributed by atoms with Gasteiger partial charge in [0.2, 0.25) is 5.91 Å². The Morgan fingerprint density at radius 2 is 2.05 bits per heavy atom. The number of pyridine rings is 1. The first kappa shape index (κ1) is 14.0. The van der Waals surface area contributed by atoms with Gasteiger partial charge in [-0.25, -0.2) is 0 Å². The third-order valence-electron chi connectivity index (χ3n) is 2.66. The summed E-state index contributed by atoms with van der Waals surface area (Å²) in [6.45, 7) is 0. The zero-order valence-corrected chi connectivity index (χ0v) is 10.7. The molecule has 0 bridgehead atoms. The average Bonchev–Trinajstić information content (AvgIpc) is 2.49. The van der Waals surface area contributed by atoms with Crippen molar-refractivity contribution in [3.8, 4) is 11.8 Å². The summed E-state index contributed by atoms with van der Waals surface area (Å²) in [4.78, 5) is 26.7. The van der Waals surface area contributed by atoms with Gasteiger partial charge in [0.15, 0.2) is 0 Å². The average molecular weight is 282 g/mol. The molecule has 0 atom stereocenters. The van der Waals surface area contributed by atoms with Crippen LogP contribution in [-0.2, 0) is 0 Å². The lowest BCUT2D eigenvalue weighted by atomic mass is 10.2. The van der Waals surface area contributed by atoms with Gasteiger partial charge in [0.1, 0.15) is 17.5 Å². The lowest BCUT2D eigenvalue weighted by Crippen LogP contribution is -2.16. The number of nitriles is 1. The summed E-state index contributed by atoms with van der Waals surface area (Å²) in [5, 5.41) is 20.7. The van der Waals surface area contributed by atoms with E-state index in [1.807, 2.05) is 0 Å². The topological polar surface area (TPSA) is 129 Å². The largest absolute Gasteiger partial charge is 0.507 e. The van der Waals surface area contributed by atoms with Crippen LogP contribution < -0.4 is 11.1 Å². The molecule has 7 heteroatoms. The number of aromatic nitrogens is 1. The van der Waals surface area contributed by atoms with Crippen LogP contribution in [0.15, 0.2) is 36.5 Å². The molecule has 7 nitrogen and oxygen atoms in total. The van der Waals surface area contributed by atoms with Crippen LogP contribution >= 0.6 is 0 Å². The molecular formula is C14H10N4O3. The number of rotatable bonds is 3. The van der Waals surface area contributed by atoms with Gasteiger partial charge >= 0.3 is 0 Å².